The van der Waals surface area contributed by atoms with Crippen LogP contribution in [0, 0.1) is 13.8 Å². The number of anilines is 1. The number of nitrogens with one attached hydrogen (secondary N) is 1. The van der Waals surface area contributed by atoms with Gasteiger partial charge in [-0.1, -0.05) is 23.9 Å². The third-order valence-electron chi connectivity index (χ3n) is 5.26. The Morgan fingerprint density at radius 1 is 1.05 bits per heavy atom. The van der Waals surface area contributed by atoms with E-state index in [1.165, 1.54) is 18.9 Å². The zero-order chi connectivity index (χ0) is 27.9. The minimum atomic E-state index is -0.529. The van der Waals surface area contributed by atoms with Crippen molar-refractivity contribution in [2.75, 3.05) is 26.0 Å². The molecule has 3 aromatic rings. The lowest BCUT2D eigenvalue weighted by atomic mass is 9.98. The number of carbonyl (C=O) groups is 2. The highest BCUT2D eigenvalue weighted by atomic mass is 32.2. The molecule has 0 unspecified atom stereocenters. The van der Waals surface area contributed by atoms with Crippen LogP contribution in [0.3, 0.4) is 0 Å². The molecule has 1 heterocycles. The van der Waals surface area contributed by atoms with Crippen LogP contribution < -0.4 is 15.8 Å². The topological polar surface area (TPSA) is 126 Å². The van der Waals surface area contributed by atoms with Crippen LogP contribution in [0.1, 0.15) is 48.7 Å². The average Bonchev–Trinajstić information content (AvgIpc) is 2.82. The number of benzene rings is 2. The molecule has 0 saturated heterocycles. The standard InChI is InChI=1S/C28H34N4O5S/c1-17-13-18(2)22(25(33)35-6)15-21(17)23-16-24(32-26(29)31-23)38-20-10-7-9-19(14-20)36-12-8-11-30-27(34)37-28(3,4)5/h7,9-10,13-16H,8,11-12H2,1-6H3,(H,30,34)(H2,29,31,32). The number of rotatable bonds is 9. The van der Waals surface area contributed by atoms with Gasteiger partial charge in [-0.3, -0.25) is 0 Å². The number of aromatic nitrogens is 2. The molecular formula is C28H34N4O5S. The highest BCUT2D eigenvalue weighted by Crippen LogP contribution is 2.33. The highest BCUT2D eigenvalue weighted by molar-refractivity contribution is 7.99. The molecule has 38 heavy (non-hydrogen) atoms. The Labute approximate surface area is 227 Å². The first-order valence-corrected chi connectivity index (χ1v) is 13.0. The van der Waals surface area contributed by atoms with Crippen LogP contribution >= 0.6 is 11.8 Å². The number of aryl methyl sites for hydroxylation is 2. The summed E-state index contributed by atoms with van der Waals surface area (Å²) in [5.74, 6) is 0.430. The van der Waals surface area contributed by atoms with Crippen LogP contribution in [0.2, 0.25) is 0 Å². The van der Waals surface area contributed by atoms with Crippen molar-refractivity contribution < 1.29 is 23.8 Å². The molecular weight excluding hydrogens is 504 g/mol. The predicted molar refractivity (Wildman–Crippen MR) is 148 cm³/mol. The summed E-state index contributed by atoms with van der Waals surface area (Å²) in [5.41, 5.74) is 9.18. The maximum absolute atomic E-state index is 12.2. The Hall–Kier alpha value is -3.79. The average molecular weight is 539 g/mol. The molecule has 3 rings (SSSR count). The number of nitrogens with two attached hydrogens (primary N) is 1. The summed E-state index contributed by atoms with van der Waals surface area (Å²) in [4.78, 5) is 33.6. The first kappa shape index (κ1) is 28.8. The van der Waals surface area contributed by atoms with Crippen LogP contribution in [-0.4, -0.2) is 47.9 Å². The molecule has 1 aromatic heterocycles. The lowest BCUT2D eigenvalue weighted by molar-refractivity contribution is 0.0524. The number of amides is 1. The third kappa shape index (κ3) is 8.37. The van der Waals surface area contributed by atoms with Crippen LogP contribution in [0.5, 0.6) is 5.75 Å². The number of carbonyl (C=O) groups excluding carboxylic acids is 2. The molecule has 0 aliphatic carbocycles. The van der Waals surface area contributed by atoms with Crippen molar-refractivity contribution in [2.24, 2.45) is 0 Å². The van der Waals surface area contributed by atoms with E-state index >= 15 is 0 Å². The number of ether oxygens (including phenoxy) is 3. The molecule has 0 aliphatic heterocycles. The predicted octanol–water partition coefficient (Wildman–Crippen LogP) is 5.57. The minimum absolute atomic E-state index is 0.134. The van der Waals surface area contributed by atoms with Crippen molar-refractivity contribution in [2.45, 2.75) is 56.6 Å². The van der Waals surface area contributed by atoms with Gasteiger partial charge < -0.3 is 25.3 Å². The van der Waals surface area contributed by atoms with Gasteiger partial charge in [-0.2, -0.15) is 0 Å². The fourth-order valence-corrected chi connectivity index (χ4v) is 4.48. The van der Waals surface area contributed by atoms with E-state index < -0.39 is 17.7 Å². The quantitative estimate of drug-likeness (QED) is 0.204. The Morgan fingerprint density at radius 3 is 2.53 bits per heavy atom. The molecule has 3 N–H and O–H groups in total. The van der Waals surface area contributed by atoms with Crippen LogP contribution in [0.15, 0.2) is 52.4 Å². The second-order valence-electron chi connectivity index (χ2n) is 9.63. The van der Waals surface area contributed by atoms with Crippen LogP contribution in [0.4, 0.5) is 10.7 Å². The van der Waals surface area contributed by atoms with Gasteiger partial charge in [0.15, 0.2) is 0 Å². The number of nitrogen functional groups attached to an aromatic ring is 1. The number of nitrogens with zero attached hydrogens (tertiary/aromatic N) is 2. The summed E-state index contributed by atoms with van der Waals surface area (Å²) in [7, 11) is 1.36. The molecule has 2 aromatic carbocycles. The molecule has 0 aliphatic rings. The van der Waals surface area contributed by atoms with E-state index in [9.17, 15) is 9.59 Å². The molecule has 10 heteroatoms. The van der Waals surface area contributed by atoms with E-state index in [2.05, 4.69) is 15.3 Å². The normalized spacial score (nSPS) is 11.1. The maximum Gasteiger partial charge on any atom is 0.407 e. The first-order chi connectivity index (χ1) is 17.9. The summed E-state index contributed by atoms with van der Waals surface area (Å²) < 4.78 is 16.0. The SMILES string of the molecule is COC(=O)c1cc(-c2cc(Sc3cccc(OCCCNC(=O)OC(C)(C)C)c3)nc(N)n2)c(C)cc1C. The van der Waals surface area contributed by atoms with E-state index in [1.54, 1.807) is 6.07 Å². The van der Waals surface area contributed by atoms with Gasteiger partial charge in [0.25, 0.3) is 0 Å². The van der Waals surface area contributed by atoms with E-state index in [1.807, 2.05) is 71.0 Å². The number of hydrogen-bond acceptors (Lipinski definition) is 9. The fraction of sp³-hybridized carbons (Fsp3) is 0.357. The van der Waals surface area contributed by atoms with Gasteiger partial charge in [-0.25, -0.2) is 19.6 Å². The smallest absolute Gasteiger partial charge is 0.407 e. The minimum Gasteiger partial charge on any atom is -0.493 e. The van der Waals surface area contributed by atoms with Crippen molar-refractivity contribution >= 4 is 29.8 Å². The summed E-state index contributed by atoms with van der Waals surface area (Å²) in [6.45, 7) is 10.2. The first-order valence-electron chi connectivity index (χ1n) is 12.2. The van der Waals surface area contributed by atoms with Gasteiger partial charge in [0, 0.05) is 17.0 Å². The Morgan fingerprint density at radius 2 is 1.82 bits per heavy atom. The number of esters is 1. The van der Waals surface area contributed by atoms with Gasteiger partial charge in [0.2, 0.25) is 5.95 Å². The summed E-state index contributed by atoms with van der Waals surface area (Å²) >= 11 is 1.43. The molecule has 1 amide bonds. The van der Waals surface area contributed by atoms with Crippen molar-refractivity contribution in [1.82, 2.24) is 15.3 Å². The summed E-state index contributed by atoms with van der Waals surface area (Å²) in [6, 6.07) is 13.2. The van der Waals surface area contributed by atoms with Crippen molar-refractivity contribution in [3.63, 3.8) is 0 Å². The lowest BCUT2D eigenvalue weighted by Crippen LogP contribution is -2.33. The van der Waals surface area contributed by atoms with E-state index in [0.717, 1.165) is 21.6 Å². The fourth-order valence-electron chi connectivity index (χ4n) is 3.61. The van der Waals surface area contributed by atoms with E-state index in [4.69, 9.17) is 19.9 Å². The lowest BCUT2D eigenvalue weighted by Gasteiger charge is -2.19. The van der Waals surface area contributed by atoms with Gasteiger partial charge in [0.05, 0.1) is 25.0 Å². The Kier molecular flexibility index (Phi) is 9.57. The monoisotopic (exact) mass is 538 g/mol. The van der Waals surface area contributed by atoms with E-state index in [-0.39, 0.29) is 5.95 Å². The Bertz CT molecular complexity index is 1310. The van der Waals surface area contributed by atoms with Crippen molar-refractivity contribution in [3.8, 4) is 17.0 Å². The van der Waals surface area contributed by atoms with Gasteiger partial charge in [-0.05, 0) is 82.5 Å². The zero-order valence-electron chi connectivity index (χ0n) is 22.6. The molecule has 0 spiro atoms. The molecule has 0 radical (unpaired) electrons. The molecule has 0 bridgehead atoms. The van der Waals surface area contributed by atoms with Crippen molar-refractivity contribution in [3.05, 3.63) is 59.2 Å². The summed E-state index contributed by atoms with van der Waals surface area (Å²) in [5, 5.41) is 3.37. The zero-order valence-corrected chi connectivity index (χ0v) is 23.4. The molecule has 0 saturated carbocycles. The molecule has 0 atom stereocenters. The molecule has 0 fully saturated rings. The second-order valence-corrected chi connectivity index (χ2v) is 10.7. The summed E-state index contributed by atoms with van der Waals surface area (Å²) in [6.07, 6.45) is 0.188. The largest absolute Gasteiger partial charge is 0.493 e. The second kappa shape index (κ2) is 12.6. The maximum atomic E-state index is 12.2. The number of alkyl carbamates (subject to hydrolysis) is 1. The molecule has 9 nitrogen and oxygen atoms in total. The van der Waals surface area contributed by atoms with Crippen LogP contribution in [-0.2, 0) is 9.47 Å². The number of hydrogen-bond donors (Lipinski definition) is 2. The van der Waals surface area contributed by atoms with Crippen molar-refractivity contribution in [1.29, 1.82) is 0 Å². The third-order valence-corrected chi connectivity index (χ3v) is 6.17. The highest BCUT2D eigenvalue weighted by Gasteiger charge is 2.17. The Balaban J connectivity index is 1.67. The van der Waals surface area contributed by atoms with Gasteiger partial charge >= 0.3 is 12.1 Å². The number of methoxy groups -OCH3 is 1. The molecule has 202 valence electrons. The van der Waals surface area contributed by atoms with E-state index in [0.29, 0.717) is 41.6 Å². The van der Waals surface area contributed by atoms with Crippen LogP contribution in [0.25, 0.3) is 11.3 Å². The van der Waals surface area contributed by atoms with Gasteiger partial charge in [0.1, 0.15) is 16.4 Å². The van der Waals surface area contributed by atoms with Gasteiger partial charge in [-0.15, -0.1) is 0 Å².